The van der Waals surface area contributed by atoms with Gasteiger partial charge in [-0.05, 0) is 24.3 Å². The molecule has 0 radical (unpaired) electrons. The molecule has 2 aromatic heterocycles. The summed E-state index contributed by atoms with van der Waals surface area (Å²) in [7, 11) is 3.12. The van der Waals surface area contributed by atoms with Crippen LogP contribution in [0.2, 0.25) is 0 Å². The number of benzene rings is 1. The van der Waals surface area contributed by atoms with Gasteiger partial charge in [0, 0.05) is 18.9 Å². The molecule has 0 bridgehead atoms. The van der Waals surface area contributed by atoms with E-state index in [0.717, 1.165) is 16.7 Å². The van der Waals surface area contributed by atoms with Crippen LogP contribution in [0.3, 0.4) is 0 Å². The Bertz CT molecular complexity index is 828. The van der Waals surface area contributed by atoms with Crippen molar-refractivity contribution in [2.24, 2.45) is 0 Å². The zero-order valence-electron chi connectivity index (χ0n) is 12.2. The second kappa shape index (κ2) is 5.72. The predicted octanol–water partition coefficient (Wildman–Crippen LogP) is 2.53. The SMILES string of the molecule is CNc1nc(Nc2cccc(C(=O)OC)c2)c2[nH]ccc2n1. The molecule has 0 spiro atoms. The molecule has 0 fully saturated rings. The van der Waals surface area contributed by atoms with Gasteiger partial charge in [-0.1, -0.05) is 6.07 Å². The van der Waals surface area contributed by atoms with Crippen LogP contribution in [0.25, 0.3) is 11.0 Å². The molecular formula is C15H15N5O2. The Labute approximate surface area is 126 Å². The van der Waals surface area contributed by atoms with Crippen LogP contribution in [0.4, 0.5) is 17.5 Å². The van der Waals surface area contributed by atoms with E-state index in [1.54, 1.807) is 31.4 Å². The monoisotopic (exact) mass is 297 g/mol. The van der Waals surface area contributed by atoms with Crippen molar-refractivity contribution in [2.75, 3.05) is 24.8 Å². The molecule has 0 aliphatic carbocycles. The van der Waals surface area contributed by atoms with Crippen LogP contribution in [0.5, 0.6) is 0 Å². The Morgan fingerprint density at radius 2 is 2.14 bits per heavy atom. The summed E-state index contributed by atoms with van der Waals surface area (Å²) < 4.78 is 4.73. The van der Waals surface area contributed by atoms with Gasteiger partial charge in [-0.2, -0.15) is 4.98 Å². The van der Waals surface area contributed by atoms with Crippen molar-refractivity contribution in [2.45, 2.75) is 0 Å². The number of methoxy groups -OCH3 is 1. The molecule has 0 saturated carbocycles. The second-order valence-corrected chi connectivity index (χ2v) is 4.58. The van der Waals surface area contributed by atoms with Gasteiger partial charge in [0.25, 0.3) is 0 Å². The van der Waals surface area contributed by atoms with Gasteiger partial charge < -0.3 is 20.4 Å². The number of carbonyl (C=O) groups excluding carboxylic acids is 1. The normalized spacial score (nSPS) is 10.5. The minimum Gasteiger partial charge on any atom is -0.465 e. The van der Waals surface area contributed by atoms with Crippen molar-refractivity contribution in [1.29, 1.82) is 0 Å². The molecule has 7 heteroatoms. The highest BCUT2D eigenvalue weighted by Crippen LogP contribution is 2.24. The number of ether oxygens (including phenoxy) is 1. The number of anilines is 3. The molecule has 7 nitrogen and oxygen atoms in total. The van der Waals surface area contributed by atoms with E-state index < -0.39 is 0 Å². The van der Waals surface area contributed by atoms with Gasteiger partial charge in [0.05, 0.1) is 18.2 Å². The van der Waals surface area contributed by atoms with E-state index in [4.69, 9.17) is 4.74 Å². The fraction of sp³-hybridized carbons (Fsp3) is 0.133. The number of aromatic amines is 1. The number of nitrogens with zero attached hydrogens (tertiary/aromatic N) is 2. The number of rotatable bonds is 4. The third kappa shape index (κ3) is 2.56. The Morgan fingerprint density at radius 3 is 2.91 bits per heavy atom. The summed E-state index contributed by atoms with van der Waals surface area (Å²) in [5, 5.41) is 6.12. The minimum atomic E-state index is -0.382. The number of esters is 1. The van der Waals surface area contributed by atoms with Gasteiger partial charge in [0.15, 0.2) is 5.82 Å². The molecule has 0 aliphatic rings. The molecule has 3 rings (SSSR count). The maximum atomic E-state index is 11.6. The van der Waals surface area contributed by atoms with E-state index in [2.05, 4.69) is 25.6 Å². The molecular weight excluding hydrogens is 282 g/mol. The molecule has 22 heavy (non-hydrogen) atoms. The fourth-order valence-electron chi connectivity index (χ4n) is 2.13. The summed E-state index contributed by atoms with van der Waals surface area (Å²) in [5.41, 5.74) is 2.80. The number of carbonyl (C=O) groups is 1. The van der Waals surface area contributed by atoms with E-state index in [9.17, 15) is 4.79 Å². The van der Waals surface area contributed by atoms with Gasteiger partial charge in [-0.15, -0.1) is 0 Å². The van der Waals surface area contributed by atoms with Gasteiger partial charge in [-0.25, -0.2) is 9.78 Å². The summed E-state index contributed by atoms with van der Waals surface area (Å²) in [6.45, 7) is 0. The lowest BCUT2D eigenvalue weighted by Crippen LogP contribution is -2.04. The highest BCUT2D eigenvalue weighted by molar-refractivity contribution is 5.92. The van der Waals surface area contributed by atoms with Gasteiger partial charge >= 0.3 is 5.97 Å². The summed E-state index contributed by atoms with van der Waals surface area (Å²) in [6, 6.07) is 8.90. The average molecular weight is 297 g/mol. The predicted molar refractivity (Wildman–Crippen MR) is 84.5 cm³/mol. The number of fused-ring (bicyclic) bond motifs is 1. The van der Waals surface area contributed by atoms with Crippen LogP contribution in [0, 0.1) is 0 Å². The van der Waals surface area contributed by atoms with Gasteiger partial charge in [-0.3, -0.25) is 0 Å². The van der Waals surface area contributed by atoms with Crippen molar-refractivity contribution in [3.63, 3.8) is 0 Å². The molecule has 1 aromatic carbocycles. The van der Waals surface area contributed by atoms with Crippen LogP contribution < -0.4 is 10.6 Å². The standard InChI is InChI=1S/C15H15N5O2/c1-16-15-19-11-6-7-17-12(11)13(20-15)18-10-5-3-4-9(8-10)14(21)22-2/h3-8,17H,1-2H3,(H2,16,18,19,20). The Kier molecular flexibility index (Phi) is 3.61. The molecule has 3 aromatic rings. The molecule has 2 heterocycles. The summed E-state index contributed by atoms with van der Waals surface area (Å²) in [5.74, 6) is 0.757. The Morgan fingerprint density at radius 1 is 1.27 bits per heavy atom. The first-order valence-corrected chi connectivity index (χ1v) is 6.69. The Hall–Kier alpha value is -3.09. The van der Waals surface area contributed by atoms with E-state index in [-0.39, 0.29) is 5.97 Å². The number of hydrogen-bond donors (Lipinski definition) is 3. The molecule has 3 N–H and O–H groups in total. The van der Waals surface area contributed by atoms with Crippen LogP contribution >= 0.6 is 0 Å². The third-order valence-corrected chi connectivity index (χ3v) is 3.18. The first-order chi connectivity index (χ1) is 10.7. The lowest BCUT2D eigenvalue weighted by Gasteiger charge is -2.09. The van der Waals surface area contributed by atoms with Crippen LogP contribution in [0.1, 0.15) is 10.4 Å². The Balaban J connectivity index is 1.99. The molecule has 112 valence electrons. The molecule has 0 unspecified atom stereocenters. The first-order valence-electron chi connectivity index (χ1n) is 6.69. The van der Waals surface area contributed by atoms with Gasteiger partial charge in [0.1, 0.15) is 5.52 Å². The minimum absolute atomic E-state index is 0.382. The number of aromatic nitrogens is 3. The summed E-state index contributed by atoms with van der Waals surface area (Å²) >= 11 is 0. The highest BCUT2D eigenvalue weighted by atomic mass is 16.5. The van der Waals surface area contributed by atoms with Crippen molar-refractivity contribution in [3.05, 3.63) is 42.1 Å². The molecule has 0 atom stereocenters. The zero-order chi connectivity index (χ0) is 15.5. The first kappa shape index (κ1) is 13.9. The van der Waals surface area contributed by atoms with Gasteiger partial charge in [0.2, 0.25) is 5.95 Å². The lowest BCUT2D eigenvalue weighted by atomic mass is 10.2. The summed E-state index contributed by atoms with van der Waals surface area (Å²) in [4.78, 5) is 23.4. The number of H-pyrrole nitrogens is 1. The molecule has 0 saturated heterocycles. The highest BCUT2D eigenvalue weighted by Gasteiger charge is 2.10. The van der Waals surface area contributed by atoms with E-state index in [0.29, 0.717) is 17.3 Å². The quantitative estimate of drug-likeness (QED) is 0.641. The van der Waals surface area contributed by atoms with E-state index in [1.165, 1.54) is 7.11 Å². The second-order valence-electron chi connectivity index (χ2n) is 4.58. The smallest absolute Gasteiger partial charge is 0.337 e. The fourth-order valence-corrected chi connectivity index (χ4v) is 2.13. The molecule has 0 aliphatic heterocycles. The van der Waals surface area contributed by atoms with Crippen molar-refractivity contribution >= 4 is 34.5 Å². The average Bonchev–Trinajstić information content (AvgIpc) is 3.03. The topological polar surface area (TPSA) is 91.9 Å². The van der Waals surface area contributed by atoms with Crippen LogP contribution in [-0.4, -0.2) is 35.1 Å². The third-order valence-electron chi connectivity index (χ3n) is 3.18. The van der Waals surface area contributed by atoms with E-state index >= 15 is 0 Å². The van der Waals surface area contributed by atoms with Crippen LogP contribution in [-0.2, 0) is 4.74 Å². The number of hydrogen-bond acceptors (Lipinski definition) is 6. The number of nitrogens with one attached hydrogen (secondary N) is 3. The van der Waals surface area contributed by atoms with Crippen molar-refractivity contribution < 1.29 is 9.53 Å². The maximum absolute atomic E-state index is 11.6. The summed E-state index contributed by atoms with van der Waals surface area (Å²) in [6.07, 6.45) is 1.80. The zero-order valence-corrected chi connectivity index (χ0v) is 12.2. The molecule has 0 amide bonds. The van der Waals surface area contributed by atoms with Crippen LogP contribution in [0.15, 0.2) is 36.5 Å². The van der Waals surface area contributed by atoms with Crippen molar-refractivity contribution in [3.8, 4) is 0 Å². The maximum Gasteiger partial charge on any atom is 0.337 e. The van der Waals surface area contributed by atoms with Crippen molar-refractivity contribution in [1.82, 2.24) is 15.0 Å². The van der Waals surface area contributed by atoms with E-state index in [1.807, 2.05) is 12.1 Å². The largest absolute Gasteiger partial charge is 0.465 e. The lowest BCUT2D eigenvalue weighted by molar-refractivity contribution is 0.0601.